The van der Waals surface area contributed by atoms with E-state index in [0.717, 1.165) is 16.7 Å². The van der Waals surface area contributed by atoms with Crippen molar-refractivity contribution in [2.45, 2.75) is 25.9 Å². The van der Waals surface area contributed by atoms with Gasteiger partial charge in [0.15, 0.2) is 6.61 Å². The summed E-state index contributed by atoms with van der Waals surface area (Å²) in [6, 6.07) is 24.0. The molecule has 3 aromatic carbocycles. The molecular formula is C27H30N2O4. The number of likely N-dealkylation sites (N-methyl/N-ethyl adjacent to an activating group) is 1. The molecule has 0 fully saturated rings. The second-order valence-electron chi connectivity index (χ2n) is 7.79. The Morgan fingerprint density at radius 2 is 1.52 bits per heavy atom. The molecule has 2 amide bonds. The molecule has 0 radical (unpaired) electrons. The van der Waals surface area contributed by atoms with E-state index in [2.05, 4.69) is 5.32 Å². The number of methoxy groups -OCH3 is 1. The van der Waals surface area contributed by atoms with Crippen molar-refractivity contribution < 1.29 is 19.1 Å². The second-order valence-corrected chi connectivity index (χ2v) is 7.79. The molecule has 0 spiro atoms. The smallest absolute Gasteiger partial charge is 0.261 e. The number of rotatable bonds is 10. The van der Waals surface area contributed by atoms with Gasteiger partial charge in [-0.05, 0) is 42.3 Å². The number of hydrogen-bond acceptors (Lipinski definition) is 4. The Bertz CT molecular complexity index is 1030. The lowest BCUT2D eigenvalue weighted by Crippen LogP contribution is -2.51. The van der Waals surface area contributed by atoms with Gasteiger partial charge in [0.1, 0.15) is 17.5 Å². The highest BCUT2D eigenvalue weighted by Crippen LogP contribution is 2.19. The van der Waals surface area contributed by atoms with Crippen LogP contribution in [-0.2, 0) is 22.6 Å². The van der Waals surface area contributed by atoms with Crippen molar-refractivity contribution in [1.29, 1.82) is 0 Å². The van der Waals surface area contributed by atoms with Crippen LogP contribution in [0.1, 0.15) is 16.7 Å². The summed E-state index contributed by atoms with van der Waals surface area (Å²) < 4.78 is 10.9. The van der Waals surface area contributed by atoms with Crippen molar-refractivity contribution in [3.8, 4) is 11.5 Å². The van der Waals surface area contributed by atoms with Crippen LogP contribution in [-0.4, -0.2) is 43.5 Å². The quantitative estimate of drug-likeness (QED) is 0.515. The molecular weight excluding hydrogens is 416 g/mol. The molecule has 6 nitrogen and oxygen atoms in total. The number of carbonyl (C=O) groups is 2. The van der Waals surface area contributed by atoms with E-state index in [1.54, 1.807) is 43.3 Å². The molecule has 172 valence electrons. The standard InChI is InChI=1S/C27H30N2O4/c1-20-9-11-22(12-10-20)18-29(25(27(31)28-2)17-21-7-5-4-6-8-21)26(30)19-33-24-15-13-23(32-3)14-16-24/h4-16,25H,17-19H2,1-3H3,(H,28,31). The Morgan fingerprint density at radius 3 is 2.12 bits per heavy atom. The van der Waals surface area contributed by atoms with Gasteiger partial charge in [-0.15, -0.1) is 0 Å². The zero-order valence-electron chi connectivity index (χ0n) is 19.3. The minimum atomic E-state index is -0.675. The molecule has 3 aromatic rings. The molecule has 33 heavy (non-hydrogen) atoms. The van der Waals surface area contributed by atoms with Gasteiger partial charge in [-0.3, -0.25) is 9.59 Å². The third-order valence-corrected chi connectivity index (χ3v) is 5.41. The average Bonchev–Trinajstić information content (AvgIpc) is 2.86. The number of carbonyl (C=O) groups excluding carboxylic acids is 2. The molecule has 3 rings (SSSR count). The fourth-order valence-electron chi connectivity index (χ4n) is 3.51. The second kappa shape index (κ2) is 11.7. The van der Waals surface area contributed by atoms with Crippen molar-refractivity contribution >= 4 is 11.8 Å². The van der Waals surface area contributed by atoms with Crippen molar-refractivity contribution in [3.05, 3.63) is 95.6 Å². The van der Waals surface area contributed by atoms with E-state index in [1.807, 2.05) is 61.5 Å². The van der Waals surface area contributed by atoms with E-state index in [9.17, 15) is 9.59 Å². The molecule has 0 bridgehead atoms. The van der Waals surface area contributed by atoms with Crippen LogP contribution in [0.15, 0.2) is 78.9 Å². The Morgan fingerprint density at radius 1 is 0.879 bits per heavy atom. The first-order valence-corrected chi connectivity index (χ1v) is 10.9. The van der Waals surface area contributed by atoms with Gasteiger partial charge in [-0.25, -0.2) is 0 Å². The van der Waals surface area contributed by atoms with Crippen LogP contribution in [0.4, 0.5) is 0 Å². The van der Waals surface area contributed by atoms with Crippen molar-refractivity contribution in [2.75, 3.05) is 20.8 Å². The summed E-state index contributed by atoms with van der Waals surface area (Å²) in [5.41, 5.74) is 3.05. The maximum Gasteiger partial charge on any atom is 0.261 e. The maximum absolute atomic E-state index is 13.4. The number of ether oxygens (including phenoxy) is 2. The number of benzene rings is 3. The fourth-order valence-corrected chi connectivity index (χ4v) is 3.51. The fraction of sp³-hybridized carbons (Fsp3) is 0.259. The molecule has 1 N–H and O–H groups in total. The molecule has 0 saturated heterocycles. The minimum absolute atomic E-state index is 0.180. The van der Waals surface area contributed by atoms with Crippen LogP contribution in [0.2, 0.25) is 0 Å². The summed E-state index contributed by atoms with van der Waals surface area (Å²) in [6.45, 7) is 2.13. The highest BCUT2D eigenvalue weighted by molar-refractivity contribution is 5.88. The van der Waals surface area contributed by atoms with Gasteiger partial charge in [-0.1, -0.05) is 60.2 Å². The van der Waals surface area contributed by atoms with Gasteiger partial charge < -0.3 is 19.7 Å². The Kier molecular flexibility index (Phi) is 8.47. The van der Waals surface area contributed by atoms with Crippen molar-refractivity contribution in [3.63, 3.8) is 0 Å². The van der Waals surface area contributed by atoms with Gasteiger partial charge in [0.05, 0.1) is 7.11 Å². The molecule has 1 atom stereocenters. The number of hydrogen-bond donors (Lipinski definition) is 1. The van der Waals surface area contributed by atoms with Gasteiger partial charge in [0.2, 0.25) is 5.91 Å². The molecule has 0 aliphatic rings. The highest BCUT2D eigenvalue weighted by Gasteiger charge is 2.30. The third-order valence-electron chi connectivity index (χ3n) is 5.41. The first-order chi connectivity index (χ1) is 16.0. The molecule has 1 unspecified atom stereocenters. The van der Waals surface area contributed by atoms with Gasteiger partial charge >= 0.3 is 0 Å². The zero-order valence-corrected chi connectivity index (χ0v) is 19.3. The van der Waals surface area contributed by atoms with Gasteiger partial charge in [-0.2, -0.15) is 0 Å². The van der Waals surface area contributed by atoms with Gasteiger partial charge in [0.25, 0.3) is 5.91 Å². The monoisotopic (exact) mass is 446 g/mol. The average molecular weight is 447 g/mol. The summed E-state index contributed by atoms with van der Waals surface area (Å²) in [6.07, 6.45) is 0.403. The molecule has 0 saturated carbocycles. The SMILES string of the molecule is CNC(=O)C(Cc1ccccc1)N(Cc1ccc(C)cc1)C(=O)COc1ccc(OC)cc1. The summed E-state index contributed by atoms with van der Waals surface area (Å²) in [7, 11) is 3.18. The van der Waals surface area contributed by atoms with Crippen LogP contribution in [0.3, 0.4) is 0 Å². The number of aryl methyl sites for hydroxylation is 1. The lowest BCUT2D eigenvalue weighted by Gasteiger charge is -2.31. The van der Waals surface area contributed by atoms with E-state index in [0.29, 0.717) is 24.5 Å². The maximum atomic E-state index is 13.4. The lowest BCUT2D eigenvalue weighted by molar-refractivity contribution is -0.142. The van der Waals surface area contributed by atoms with E-state index in [4.69, 9.17) is 9.47 Å². The van der Waals surface area contributed by atoms with E-state index in [-0.39, 0.29) is 18.4 Å². The normalized spacial score (nSPS) is 11.4. The molecule has 0 aliphatic heterocycles. The highest BCUT2D eigenvalue weighted by atomic mass is 16.5. The lowest BCUT2D eigenvalue weighted by atomic mass is 10.0. The largest absolute Gasteiger partial charge is 0.497 e. The van der Waals surface area contributed by atoms with Crippen LogP contribution >= 0.6 is 0 Å². The van der Waals surface area contributed by atoms with Crippen LogP contribution < -0.4 is 14.8 Å². The summed E-state index contributed by atoms with van der Waals surface area (Å²) in [4.78, 5) is 27.8. The molecule has 0 aliphatic carbocycles. The van der Waals surface area contributed by atoms with Crippen molar-refractivity contribution in [2.24, 2.45) is 0 Å². The first-order valence-electron chi connectivity index (χ1n) is 10.9. The Hall–Kier alpha value is -3.80. The van der Waals surface area contributed by atoms with Crippen LogP contribution in [0.25, 0.3) is 0 Å². The van der Waals surface area contributed by atoms with Crippen molar-refractivity contribution in [1.82, 2.24) is 10.2 Å². The predicted octanol–water partition coefficient (Wildman–Crippen LogP) is 3.77. The zero-order chi connectivity index (χ0) is 23.6. The predicted molar refractivity (Wildman–Crippen MR) is 128 cm³/mol. The van der Waals surface area contributed by atoms with E-state index in [1.165, 1.54) is 0 Å². The Balaban J connectivity index is 1.84. The van der Waals surface area contributed by atoms with E-state index >= 15 is 0 Å². The summed E-state index contributed by atoms with van der Waals surface area (Å²) in [5.74, 6) is 0.774. The summed E-state index contributed by atoms with van der Waals surface area (Å²) in [5, 5.41) is 2.71. The number of amides is 2. The summed E-state index contributed by atoms with van der Waals surface area (Å²) >= 11 is 0. The minimum Gasteiger partial charge on any atom is -0.497 e. The molecule has 0 heterocycles. The van der Waals surface area contributed by atoms with Crippen LogP contribution in [0, 0.1) is 6.92 Å². The van der Waals surface area contributed by atoms with Gasteiger partial charge in [0, 0.05) is 20.0 Å². The number of nitrogens with one attached hydrogen (secondary N) is 1. The molecule has 6 heteroatoms. The number of nitrogens with zero attached hydrogens (tertiary/aromatic N) is 1. The first kappa shape index (κ1) is 23.9. The third kappa shape index (κ3) is 6.84. The topological polar surface area (TPSA) is 67.9 Å². The van der Waals surface area contributed by atoms with E-state index < -0.39 is 6.04 Å². The Labute approximate surface area is 195 Å². The molecule has 0 aromatic heterocycles. The van der Waals surface area contributed by atoms with Crippen LogP contribution in [0.5, 0.6) is 11.5 Å².